The van der Waals surface area contributed by atoms with E-state index in [4.69, 9.17) is 11.5 Å². The zero-order chi connectivity index (χ0) is 7.28. The van der Waals surface area contributed by atoms with Crippen LogP contribution in [0.25, 0.3) is 0 Å². The minimum Gasteiger partial charge on any atom is -0.465 e. The summed E-state index contributed by atoms with van der Waals surface area (Å²) in [4.78, 5) is 10.5. The molecule has 0 fully saturated rings. The zero-order valence-corrected chi connectivity index (χ0v) is 5.46. The Bertz CT molecular complexity index is 95.0. The topological polar surface area (TPSA) is 78.3 Å². The lowest BCUT2D eigenvalue weighted by Crippen LogP contribution is -2.39. The average Bonchev–Trinajstić information content (AvgIpc) is 1.87. The van der Waals surface area contributed by atoms with Crippen molar-refractivity contribution in [3.8, 4) is 0 Å². The molecule has 0 aliphatic heterocycles. The maximum absolute atomic E-state index is 10.5. The summed E-state index contributed by atoms with van der Waals surface area (Å²) in [5.41, 5.74) is 10.3. The van der Waals surface area contributed by atoms with Crippen LogP contribution >= 0.6 is 0 Å². The average molecular weight is 132 g/mol. The molecule has 0 spiro atoms. The molecule has 4 N–H and O–H groups in total. The predicted molar refractivity (Wildman–Crippen MR) is 33.7 cm³/mol. The molecule has 0 aromatic carbocycles. The summed E-state index contributed by atoms with van der Waals surface area (Å²) in [6.45, 7) is 2.21. The fourth-order valence-corrected chi connectivity index (χ4v) is 0.346. The first-order valence-electron chi connectivity index (χ1n) is 2.84. The van der Waals surface area contributed by atoms with Crippen LogP contribution in [0.4, 0.5) is 0 Å². The van der Waals surface area contributed by atoms with Crippen LogP contribution in [0.3, 0.4) is 0 Å². The van der Waals surface area contributed by atoms with E-state index in [9.17, 15) is 4.79 Å². The largest absolute Gasteiger partial charge is 0.465 e. The maximum atomic E-state index is 10.5. The van der Waals surface area contributed by atoms with Gasteiger partial charge in [0, 0.05) is 6.54 Å². The van der Waals surface area contributed by atoms with Crippen molar-refractivity contribution in [2.75, 3.05) is 13.2 Å². The molecule has 54 valence electrons. The number of ether oxygens (including phenoxy) is 1. The van der Waals surface area contributed by atoms with Gasteiger partial charge >= 0.3 is 5.97 Å². The molecule has 0 unspecified atom stereocenters. The predicted octanol–water partition coefficient (Wildman–Crippen LogP) is -1.16. The third-order valence-electron chi connectivity index (χ3n) is 0.843. The van der Waals surface area contributed by atoms with Crippen LogP contribution in [0.5, 0.6) is 0 Å². The fourth-order valence-electron chi connectivity index (χ4n) is 0.346. The first kappa shape index (κ1) is 8.39. The van der Waals surface area contributed by atoms with Crippen molar-refractivity contribution in [2.45, 2.75) is 13.0 Å². The summed E-state index contributed by atoms with van der Waals surface area (Å²) >= 11 is 0. The number of esters is 1. The van der Waals surface area contributed by atoms with E-state index in [-0.39, 0.29) is 6.54 Å². The number of nitrogens with two attached hydrogens (primary N) is 2. The molecule has 0 radical (unpaired) electrons. The van der Waals surface area contributed by atoms with Crippen molar-refractivity contribution in [3.63, 3.8) is 0 Å². The molecule has 0 amide bonds. The highest BCUT2D eigenvalue weighted by molar-refractivity contribution is 5.75. The summed E-state index contributed by atoms with van der Waals surface area (Å²) in [6, 6.07) is -0.662. The van der Waals surface area contributed by atoms with E-state index in [1.165, 1.54) is 0 Å². The van der Waals surface area contributed by atoms with Gasteiger partial charge in [0.05, 0.1) is 6.61 Å². The van der Waals surface area contributed by atoms with Gasteiger partial charge < -0.3 is 16.2 Å². The van der Waals surface area contributed by atoms with Crippen molar-refractivity contribution in [2.24, 2.45) is 11.5 Å². The SMILES string of the molecule is CCOC(=O)[C@H](N)CN. The van der Waals surface area contributed by atoms with Crippen molar-refractivity contribution < 1.29 is 9.53 Å². The second-order valence-electron chi connectivity index (χ2n) is 1.59. The van der Waals surface area contributed by atoms with E-state index < -0.39 is 12.0 Å². The highest BCUT2D eigenvalue weighted by Crippen LogP contribution is 1.80. The van der Waals surface area contributed by atoms with Crippen molar-refractivity contribution >= 4 is 5.97 Å². The van der Waals surface area contributed by atoms with Crippen LogP contribution in [0.15, 0.2) is 0 Å². The summed E-state index contributed by atoms with van der Waals surface area (Å²) in [5, 5.41) is 0. The van der Waals surface area contributed by atoms with E-state index >= 15 is 0 Å². The summed E-state index contributed by atoms with van der Waals surface area (Å²) in [6.07, 6.45) is 0. The molecular weight excluding hydrogens is 120 g/mol. The van der Waals surface area contributed by atoms with Crippen LogP contribution in [0, 0.1) is 0 Å². The van der Waals surface area contributed by atoms with Gasteiger partial charge in [0.25, 0.3) is 0 Å². The molecule has 4 heteroatoms. The van der Waals surface area contributed by atoms with Gasteiger partial charge in [-0.3, -0.25) is 4.79 Å². The Morgan fingerprint density at radius 3 is 2.67 bits per heavy atom. The van der Waals surface area contributed by atoms with Gasteiger partial charge in [-0.2, -0.15) is 0 Å². The minimum atomic E-state index is -0.662. The number of rotatable bonds is 3. The van der Waals surface area contributed by atoms with E-state index in [1.54, 1.807) is 6.92 Å². The lowest BCUT2D eigenvalue weighted by atomic mass is 10.3. The highest BCUT2D eigenvalue weighted by atomic mass is 16.5. The van der Waals surface area contributed by atoms with Gasteiger partial charge in [0.15, 0.2) is 0 Å². The van der Waals surface area contributed by atoms with Crippen LogP contribution in [0.2, 0.25) is 0 Å². The van der Waals surface area contributed by atoms with Gasteiger partial charge in [0.1, 0.15) is 6.04 Å². The fraction of sp³-hybridized carbons (Fsp3) is 0.800. The normalized spacial score (nSPS) is 12.8. The molecule has 0 aromatic heterocycles. The molecule has 4 nitrogen and oxygen atoms in total. The Morgan fingerprint density at radius 1 is 1.78 bits per heavy atom. The van der Waals surface area contributed by atoms with Crippen molar-refractivity contribution in [1.82, 2.24) is 0 Å². The molecule has 0 bridgehead atoms. The molecule has 0 rings (SSSR count). The molecule has 0 aromatic rings. The number of hydrogen-bond acceptors (Lipinski definition) is 4. The van der Waals surface area contributed by atoms with E-state index in [1.807, 2.05) is 0 Å². The van der Waals surface area contributed by atoms with Gasteiger partial charge in [-0.15, -0.1) is 0 Å². The van der Waals surface area contributed by atoms with Gasteiger partial charge in [-0.1, -0.05) is 0 Å². The standard InChI is InChI=1S/C5H12N2O2/c1-2-9-5(8)4(7)3-6/h4H,2-3,6-7H2,1H3/t4-/m1/s1. The van der Waals surface area contributed by atoms with E-state index in [2.05, 4.69) is 4.74 Å². The van der Waals surface area contributed by atoms with Gasteiger partial charge in [-0.25, -0.2) is 0 Å². The molecule has 0 heterocycles. The molecular formula is C5H12N2O2. The third kappa shape index (κ3) is 3.05. The van der Waals surface area contributed by atoms with E-state index in [0.29, 0.717) is 6.61 Å². The molecule has 0 aliphatic carbocycles. The van der Waals surface area contributed by atoms with Gasteiger partial charge in [-0.05, 0) is 6.92 Å². The first-order valence-corrected chi connectivity index (χ1v) is 2.84. The Balaban J connectivity index is 3.46. The summed E-state index contributed by atoms with van der Waals surface area (Å²) in [5.74, 6) is -0.431. The highest BCUT2D eigenvalue weighted by Gasteiger charge is 2.10. The molecule has 0 saturated carbocycles. The number of hydrogen-bond donors (Lipinski definition) is 2. The van der Waals surface area contributed by atoms with Crippen LogP contribution in [-0.4, -0.2) is 25.2 Å². The Hall–Kier alpha value is -0.610. The third-order valence-corrected chi connectivity index (χ3v) is 0.843. The van der Waals surface area contributed by atoms with Crippen LogP contribution in [-0.2, 0) is 9.53 Å². The van der Waals surface area contributed by atoms with Crippen molar-refractivity contribution in [1.29, 1.82) is 0 Å². The molecule has 1 atom stereocenters. The lowest BCUT2D eigenvalue weighted by molar-refractivity contribution is -0.144. The van der Waals surface area contributed by atoms with Crippen LogP contribution < -0.4 is 11.5 Å². The summed E-state index contributed by atoms with van der Waals surface area (Å²) in [7, 11) is 0. The van der Waals surface area contributed by atoms with Gasteiger partial charge in [0.2, 0.25) is 0 Å². The number of carbonyl (C=O) groups is 1. The Labute approximate surface area is 54.2 Å². The summed E-state index contributed by atoms with van der Waals surface area (Å²) < 4.78 is 4.55. The second-order valence-corrected chi connectivity index (χ2v) is 1.59. The lowest BCUT2D eigenvalue weighted by Gasteiger charge is -2.05. The molecule has 9 heavy (non-hydrogen) atoms. The van der Waals surface area contributed by atoms with E-state index in [0.717, 1.165) is 0 Å². The Kier molecular flexibility index (Phi) is 4.00. The van der Waals surface area contributed by atoms with Crippen molar-refractivity contribution in [3.05, 3.63) is 0 Å². The first-order chi connectivity index (χ1) is 4.22. The molecule has 0 aliphatic rings. The molecule has 0 saturated heterocycles. The minimum absolute atomic E-state index is 0.138. The zero-order valence-electron chi connectivity index (χ0n) is 5.46. The quantitative estimate of drug-likeness (QED) is 0.474. The smallest absolute Gasteiger partial charge is 0.324 e. The Morgan fingerprint density at radius 2 is 2.33 bits per heavy atom. The van der Waals surface area contributed by atoms with Crippen LogP contribution in [0.1, 0.15) is 6.92 Å². The maximum Gasteiger partial charge on any atom is 0.324 e. The monoisotopic (exact) mass is 132 g/mol. The second kappa shape index (κ2) is 4.29. The number of carbonyl (C=O) groups excluding carboxylic acids is 1.